The summed E-state index contributed by atoms with van der Waals surface area (Å²) < 4.78 is 32.1. The fraction of sp³-hybridized carbons (Fsp3) is 0.529. The SMILES string of the molecule is NC[C@H](NC1CC1)C(=O)Nc1ccc(N2CCOCC2=O)c(C(F)F)c1. The lowest BCUT2D eigenvalue weighted by atomic mass is 10.1. The van der Waals surface area contributed by atoms with E-state index in [9.17, 15) is 18.4 Å². The molecule has 2 amide bonds. The van der Waals surface area contributed by atoms with Gasteiger partial charge in [0, 0.05) is 30.4 Å². The number of alkyl halides is 2. The zero-order chi connectivity index (χ0) is 18.7. The first-order chi connectivity index (χ1) is 12.5. The van der Waals surface area contributed by atoms with E-state index in [4.69, 9.17) is 10.5 Å². The van der Waals surface area contributed by atoms with Gasteiger partial charge >= 0.3 is 0 Å². The number of anilines is 2. The highest BCUT2D eigenvalue weighted by atomic mass is 19.3. The second kappa shape index (κ2) is 8.07. The third kappa shape index (κ3) is 4.35. The van der Waals surface area contributed by atoms with E-state index in [-0.39, 0.29) is 55.1 Å². The zero-order valence-corrected chi connectivity index (χ0v) is 14.2. The third-order valence-electron chi connectivity index (χ3n) is 4.37. The zero-order valence-electron chi connectivity index (χ0n) is 14.2. The summed E-state index contributed by atoms with van der Waals surface area (Å²) in [7, 11) is 0. The number of amides is 2. The van der Waals surface area contributed by atoms with Crippen LogP contribution in [0.3, 0.4) is 0 Å². The van der Waals surface area contributed by atoms with Crippen molar-refractivity contribution in [2.75, 3.05) is 36.5 Å². The van der Waals surface area contributed by atoms with Crippen LogP contribution in [0.25, 0.3) is 0 Å². The molecule has 2 aliphatic rings. The number of hydrogen-bond donors (Lipinski definition) is 3. The molecule has 1 heterocycles. The lowest BCUT2D eigenvalue weighted by molar-refractivity contribution is -0.125. The molecule has 1 atom stereocenters. The molecule has 2 fully saturated rings. The first-order valence-electron chi connectivity index (χ1n) is 8.56. The molecular formula is C17H22F2N4O3. The van der Waals surface area contributed by atoms with Gasteiger partial charge in [-0.2, -0.15) is 0 Å². The predicted octanol–water partition coefficient (Wildman–Crippen LogP) is 1.01. The van der Waals surface area contributed by atoms with Gasteiger partial charge in [-0.05, 0) is 31.0 Å². The monoisotopic (exact) mass is 368 g/mol. The molecule has 0 bridgehead atoms. The minimum Gasteiger partial charge on any atom is -0.370 e. The van der Waals surface area contributed by atoms with Gasteiger partial charge in [0.1, 0.15) is 6.61 Å². The second-order valence-electron chi connectivity index (χ2n) is 6.39. The number of benzene rings is 1. The Bertz CT molecular complexity index is 682. The highest BCUT2D eigenvalue weighted by Gasteiger charge is 2.29. The van der Waals surface area contributed by atoms with Gasteiger partial charge in [0.15, 0.2) is 0 Å². The molecule has 0 radical (unpaired) electrons. The molecule has 1 saturated carbocycles. The molecule has 1 saturated heterocycles. The summed E-state index contributed by atoms with van der Waals surface area (Å²) in [6.45, 7) is 0.485. The Labute approximate surface area is 149 Å². The van der Waals surface area contributed by atoms with Crippen molar-refractivity contribution >= 4 is 23.2 Å². The molecule has 26 heavy (non-hydrogen) atoms. The van der Waals surface area contributed by atoms with Crippen LogP contribution in [-0.2, 0) is 14.3 Å². The van der Waals surface area contributed by atoms with Gasteiger partial charge in [0.2, 0.25) is 5.91 Å². The third-order valence-corrected chi connectivity index (χ3v) is 4.37. The Kier molecular flexibility index (Phi) is 5.80. The molecule has 0 unspecified atom stereocenters. The number of morpholine rings is 1. The van der Waals surface area contributed by atoms with Gasteiger partial charge in [-0.25, -0.2) is 8.78 Å². The summed E-state index contributed by atoms with van der Waals surface area (Å²) in [5.74, 6) is -0.735. The van der Waals surface area contributed by atoms with Crippen LogP contribution in [0.5, 0.6) is 0 Å². The molecule has 0 spiro atoms. The number of nitrogens with one attached hydrogen (secondary N) is 2. The van der Waals surface area contributed by atoms with Crippen molar-refractivity contribution in [3.05, 3.63) is 23.8 Å². The first kappa shape index (κ1) is 18.7. The van der Waals surface area contributed by atoms with Crippen LogP contribution in [0, 0.1) is 0 Å². The van der Waals surface area contributed by atoms with Gasteiger partial charge in [-0.15, -0.1) is 0 Å². The Hall–Kier alpha value is -2.10. The van der Waals surface area contributed by atoms with Gasteiger partial charge < -0.3 is 26.0 Å². The minimum absolute atomic E-state index is 0.115. The molecule has 1 aliphatic heterocycles. The highest BCUT2D eigenvalue weighted by molar-refractivity contribution is 5.97. The number of nitrogens with zero attached hydrogens (tertiary/aromatic N) is 1. The molecule has 1 aromatic carbocycles. The Morgan fingerprint density at radius 3 is 2.77 bits per heavy atom. The number of halogens is 2. The van der Waals surface area contributed by atoms with Crippen LogP contribution in [-0.4, -0.2) is 50.2 Å². The van der Waals surface area contributed by atoms with Crippen molar-refractivity contribution in [3.8, 4) is 0 Å². The minimum atomic E-state index is -2.78. The molecule has 142 valence electrons. The van der Waals surface area contributed by atoms with Gasteiger partial charge in [-0.1, -0.05) is 0 Å². The van der Waals surface area contributed by atoms with E-state index in [1.807, 2.05) is 0 Å². The molecule has 0 aromatic heterocycles. The predicted molar refractivity (Wildman–Crippen MR) is 92.2 cm³/mol. The normalized spacial score (nSPS) is 18.9. The quantitative estimate of drug-likeness (QED) is 0.667. The largest absolute Gasteiger partial charge is 0.370 e. The molecule has 1 aromatic rings. The lowest BCUT2D eigenvalue weighted by Crippen LogP contribution is -2.46. The van der Waals surface area contributed by atoms with Gasteiger partial charge in [0.05, 0.1) is 18.3 Å². The summed E-state index contributed by atoms with van der Waals surface area (Å²) >= 11 is 0. The topological polar surface area (TPSA) is 96.7 Å². The maximum Gasteiger partial charge on any atom is 0.265 e. The molecule has 7 nitrogen and oxygen atoms in total. The number of carbonyl (C=O) groups is 2. The molecule has 1 aliphatic carbocycles. The van der Waals surface area contributed by atoms with Crippen molar-refractivity contribution in [1.82, 2.24) is 5.32 Å². The van der Waals surface area contributed by atoms with Crippen LogP contribution < -0.4 is 21.3 Å². The van der Waals surface area contributed by atoms with E-state index in [0.29, 0.717) is 6.04 Å². The van der Waals surface area contributed by atoms with Crippen molar-refractivity contribution in [3.63, 3.8) is 0 Å². The van der Waals surface area contributed by atoms with Crippen LogP contribution in [0.2, 0.25) is 0 Å². The van der Waals surface area contributed by atoms with E-state index in [1.54, 1.807) is 0 Å². The molecular weight excluding hydrogens is 346 g/mol. The van der Waals surface area contributed by atoms with E-state index in [0.717, 1.165) is 12.8 Å². The molecule has 3 rings (SSSR count). The molecule has 4 N–H and O–H groups in total. The standard InChI is InChI=1S/C17H22F2N4O3/c18-16(19)12-7-11(22-17(25)13(8-20)21-10-1-2-10)3-4-14(12)23-5-6-26-9-15(23)24/h3-4,7,10,13,16,21H,1-2,5-6,8-9,20H2,(H,22,25)/t13-/m0/s1. The second-order valence-corrected chi connectivity index (χ2v) is 6.39. The van der Waals surface area contributed by atoms with E-state index in [1.165, 1.54) is 23.1 Å². The van der Waals surface area contributed by atoms with Crippen molar-refractivity contribution < 1.29 is 23.1 Å². The molecule has 9 heteroatoms. The number of carbonyl (C=O) groups excluding carboxylic acids is 2. The van der Waals surface area contributed by atoms with E-state index < -0.39 is 12.5 Å². The number of rotatable bonds is 7. The van der Waals surface area contributed by atoms with E-state index >= 15 is 0 Å². The lowest BCUT2D eigenvalue weighted by Gasteiger charge is -2.29. The Balaban J connectivity index is 1.77. The fourth-order valence-electron chi connectivity index (χ4n) is 2.84. The summed E-state index contributed by atoms with van der Waals surface area (Å²) in [6.07, 6.45) is -0.782. The summed E-state index contributed by atoms with van der Waals surface area (Å²) in [6, 6.07) is 3.85. The number of nitrogens with two attached hydrogens (primary N) is 1. The Morgan fingerprint density at radius 1 is 1.38 bits per heavy atom. The maximum atomic E-state index is 13.5. The van der Waals surface area contributed by atoms with E-state index in [2.05, 4.69) is 10.6 Å². The van der Waals surface area contributed by atoms with Gasteiger partial charge in [-0.3, -0.25) is 9.59 Å². The maximum absolute atomic E-state index is 13.5. The smallest absolute Gasteiger partial charge is 0.265 e. The van der Waals surface area contributed by atoms with Crippen molar-refractivity contribution in [2.45, 2.75) is 31.4 Å². The average Bonchev–Trinajstić information content (AvgIpc) is 3.44. The van der Waals surface area contributed by atoms with Crippen molar-refractivity contribution in [1.29, 1.82) is 0 Å². The van der Waals surface area contributed by atoms with Crippen LogP contribution in [0.1, 0.15) is 24.8 Å². The summed E-state index contributed by atoms with van der Waals surface area (Å²) in [5, 5.41) is 5.73. The highest BCUT2D eigenvalue weighted by Crippen LogP contribution is 2.33. The summed E-state index contributed by atoms with van der Waals surface area (Å²) in [4.78, 5) is 25.5. The van der Waals surface area contributed by atoms with Crippen LogP contribution >= 0.6 is 0 Å². The number of hydrogen-bond acceptors (Lipinski definition) is 5. The fourth-order valence-corrected chi connectivity index (χ4v) is 2.84. The van der Waals surface area contributed by atoms with Crippen LogP contribution in [0.15, 0.2) is 18.2 Å². The Morgan fingerprint density at radius 2 is 2.15 bits per heavy atom. The van der Waals surface area contributed by atoms with Crippen molar-refractivity contribution in [2.24, 2.45) is 5.73 Å². The summed E-state index contributed by atoms with van der Waals surface area (Å²) in [5.41, 5.74) is 5.69. The number of ether oxygens (including phenoxy) is 1. The first-order valence-corrected chi connectivity index (χ1v) is 8.56. The van der Waals surface area contributed by atoms with Gasteiger partial charge in [0.25, 0.3) is 12.3 Å². The average molecular weight is 368 g/mol. The van der Waals surface area contributed by atoms with Crippen LogP contribution in [0.4, 0.5) is 20.2 Å².